The number of rotatable bonds is 3. The van der Waals surface area contributed by atoms with Crippen LogP contribution < -0.4 is 0 Å². The first-order valence-corrected chi connectivity index (χ1v) is 9.66. The number of hydrogen-bond donors (Lipinski definition) is 0. The number of halogens is 6. The lowest BCUT2D eigenvalue weighted by molar-refractivity contribution is 0.00819. The van der Waals surface area contributed by atoms with E-state index in [1.54, 1.807) is 0 Å². The van der Waals surface area contributed by atoms with E-state index in [0.29, 0.717) is 0 Å². The van der Waals surface area contributed by atoms with Gasteiger partial charge in [-0.1, -0.05) is 34.8 Å². The van der Waals surface area contributed by atoms with Gasteiger partial charge >= 0.3 is 6.68 Å². The van der Waals surface area contributed by atoms with Crippen molar-refractivity contribution in [1.82, 2.24) is 0 Å². The average Bonchev–Trinajstić information content (AvgIpc) is 2.60. The Bertz CT molecular complexity index is 696. The largest absolute Gasteiger partial charge is 0.379 e. The molecular weight excluding hydrogens is 424 g/mol. The van der Waals surface area contributed by atoms with Crippen molar-refractivity contribution in [3.63, 3.8) is 0 Å². The SMILES string of the molecule is Clc1ccc([S+](c2ccc(Cl)cc2)c2ccc(Cl)cc2)cc1.FC(F)F. The molecular formula is C19H13Cl3F3S+. The summed E-state index contributed by atoms with van der Waals surface area (Å²) in [4.78, 5) is 3.61. The molecule has 0 aliphatic rings. The summed E-state index contributed by atoms with van der Waals surface area (Å²) in [5, 5.41) is 2.21. The van der Waals surface area contributed by atoms with Crippen LogP contribution in [-0.4, -0.2) is 6.68 Å². The Hall–Kier alpha value is -1.33. The van der Waals surface area contributed by atoms with Crippen molar-refractivity contribution in [2.75, 3.05) is 0 Å². The summed E-state index contributed by atoms with van der Waals surface area (Å²) in [7, 11) is -0.215. The Morgan fingerprint density at radius 2 is 0.692 bits per heavy atom. The van der Waals surface area contributed by atoms with Gasteiger partial charge in [0.25, 0.3) is 0 Å². The van der Waals surface area contributed by atoms with Crippen molar-refractivity contribution in [3.05, 3.63) is 87.9 Å². The fourth-order valence-corrected chi connectivity index (χ4v) is 4.54. The van der Waals surface area contributed by atoms with E-state index >= 15 is 0 Å². The van der Waals surface area contributed by atoms with Crippen LogP contribution in [0.4, 0.5) is 13.2 Å². The van der Waals surface area contributed by atoms with Gasteiger partial charge in [-0.3, -0.25) is 0 Å². The number of hydrogen-bond acceptors (Lipinski definition) is 0. The van der Waals surface area contributed by atoms with Crippen LogP contribution in [0.15, 0.2) is 87.5 Å². The summed E-state index contributed by atoms with van der Waals surface area (Å²) in [5.41, 5.74) is 0. The van der Waals surface area contributed by atoms with E-state index in [2.05, 4.69) is 36.4 Å². The zero-order valence-corrected chi connectivity index (χ0v) is 16.3. The molecule has 7 heteroatoms. The minimum Gasteiger partial charge on any atom is -0.174 e. The molecule has 0 aliphatic heterocycles. The van der Waals surface area contributed by atoms with Crippen LogP contribution in [0.2, 0.25) is 15.1 Å². The van der Waals surface area contributed by atoms with Crippen molar-refractivity contribution in [1.29, 1.82) is 0 Å². The van der Waals surface area contributed by atoms with Gasteiger partial charge in [-0.05, 0) is 72.8 Å². The third-order valence-corrected chi connectivity index (χ3v) is 6.13. The topological polar surface area (TPSA) is 0 Å². The molecule has 3 aromatic rings. The molecule has 0 N–H and O–H groups in total. The highest BCUT2D eigenvalue weighted by Crippen LogP contribution is 2.33. The van der Waals surface area contributed by atoms with E-state index in [4.69, 9.17) is 34.8 Å². The minimum atomic E-state index is -3.67. The van der Waals surface area contributed by atoms with E-state index in [-0.39, 0.29) is 10.9 Å². The van der Waals surface area contributed by atoms with Crippen LogP contribution in [0.5, 0.6) is 0 Å². The molecule has 0 radical (unpaired) electrons. The van der Waals surface area contributed by atoms with E-state index < -0.39 is 6.68 Å². The standard InChI is InChI=1S/C18H12Cl3S.CHF3/c19-13-1-7-16(8-2-13)22(17-9-3-14(20)4-10-17)18-11-5-15(21)6-12-18;2-1(3)4/h1-12H;1H/q+1;. The molecule has 0 unspecified atom stereocenters. The van der Waals surface area contributed by atoms with E-state index in [9.17, 15) is 13.2 Å². The molecule has 0 bridgehead atoms. The van der Waals surface area contributed by atoms with E-state index in [1.165, 1.54) is 14.7 Å². The predicted octanol–water partition coefficient (Wildman–Crippen LogP) is 7.92. The van der Waals surface area contributed by atoms with Crippen molar-refractivity contribution in [2.45, 2.75) is 21.4 Å². The zero-order valence-electron chi connectivity index (χ0n) is 13.2. The molecule has 0 nitrogen and oxygen atoms in total. The third-order valence-electron chi connectivity index (χ3n) is 3.15. The lowest BCUT2D eigenvalue weighted by Crippen LogP contribution is -2.04. The molecule has 0 fully saturated rings. The summed E-state index contributed by atoms with van der Waals surface area (Å²) in [5.74, 6) is 0. The molecule has 3 rings (SSSR count). The van der Waals surface area contributed by atoms with Crippen LogP contribution in [0.3, 0.4) is 0 Å². The van der Waals surface area contributed by atoms with Crippen LogP contribution in [0.25, 0.3) is 0 Å². The Labute approximate surface area is 167 Å². The normalized spacial score (nSPS) is 10.6. The van der Waals surface area contributed by atoms with Crippen LogP contribution in [0, 0.1) is 0 Å². The lowest BCUT2D eigenvalue weighted by atomic mass is 10.3. The number of alkyl halides is 3. The second-order valence-electron chi connectivity index (χ2n) is 4.92. The fraction of sp³-hybridized carbons (Fsp3) is 0.0526. The van der Waals surface area contributed by atoms with Crippen molar-refractivity contribution >= 4 is 45.7 Å². The molecule has 26 heavy (non-hydrogen) atoms. The first-order chi connectivity index (χ1) is 12.4. The fourth-order valence-electron chi connectivity index (χ4n) is 2.12. The smallest absolute Gasteiger partial charge is 0.174 e. The first-order valence-electron chi connectivity index (χ1n) is 7.30. The maximum Gasteiger partial charge on any atom is 0.379 e. The quantitative estimate of drug-likeness (QED) is 0.366. The summed E-state index contributed by atoms with van der Waals surface area (Å²) in [6.07, 6.45) is 0. The van der Waals surface area contributed by atoms with Crippen LogP contribution in [-0.2, 0) is 10.9 Å². The second-order valence-corrected chi connectivity index (χ2v) is 8.25. The Morgan fingerprint density at radius 1 is 0.500 bits per heavy atom. The summed E-state index contributed by atoms with van der Waals surface area (Å²) < 4.78 is 29.0. The van der Waals surface area contributed by atoms with Gasteiger partial charge < -0.3 is 0 Å². The molecule has 0 aliphatic carbocycles. The summed E-state index contributed by atoms with van der Waals surface area (Å²) in [6.45, 7) is -3.67. The lowest BCUT2D eigenvalue weighted by Gasteiger charge is -2.08. The van der Waals surface area contributed by atoms with Crippen LogP contribution >= 0.6 is 34.8 Å². The minimum absolute atomic E-state index is 0.215. The Balaban J connectivity index is 0.000000552. The van der Waals surface area contributed by atoms with Gasteiger partial charge in [-0.25, -0.2) is 0 Å². The van der Waals surface area contributed by atoms with Gasteiger partial charge in [0.1, 0.15) is 0 Å². The highest BCUT2D eigenvalue weighted by Gasteiger charge is 2.28. The summed E-state index contributed by atoms with van der Waals surface area (Å²) >= 11 is 18.1. The summed E-state index contributed by atoms with van der Waals surface area (Å²) in [6, 6.07) is 23.9. The van der Waals surface area contributed by atoms with Gasteiger partial charge in [0.2, 0.25) is 0 Å². The first kappa shape index (κ1) is 21.0. The van der Waals surface area contributed by atoms with Crippen LogP contribution in [0.1, 0.15) is 0 Å². The van der Waals surface area contributed by atoms with E-state index in [0.717, 1.165) is 15.1 Å². The molecule has 0 aromatic heterocycles. The molecule has 3 aromatic carbocycles. The molecule has 0 atom stereocenters. The van der Waals surface area contributed by atoms with Gasteiger partial charge in [-0.2, -0.15) is 13.2 Å². The maximum absolute atomic E-state index is 9.67. The predicted molar refractivity (Wildman–Crippen MR) is 104 cm³/mol. The molecule has 0 amide bonds. The van der Waals surface area contributed by atoms with Crippen molar-refractivity contribution < 1.29 is 13.2 Å². The third kappa shape index (κ3) is 6.44. The Morgan fingerprint density at radius 3 is 0.885 bits per heavy atom. The molecule has 0 spiro atoms. The van der Waals surface area contributed by atoms with Crippen molar-refractivity contribution in [3.8, 4) is 0 Å². The second kappa shape index (κ2) is 10.1. The molecule has 0 saturated carbocycles. The molecule has 136 valence electrons. The Kier molecular flexibility index (Phi) is 8.16. The van der Waals surface area contributed by atoms with Gasteiger partial charge in [0.15, 0.2) is 14.7 Å². The highest BCUT2D eigenvalue weighted by atomic mass is 35.5. The van der Waals surface area contributed by atoms with Gasteiger partial charge in [0.05, 0.1) is 10.9 Å². The maximum atomic E-state index is 9.67. The van der Waals surface area contributed by atoms with Gasteiger partial charge in [-0.15, -0.1) is 0 Å². The number of benzene rings is 3. The molecule has 0 heterocycles. The van der Waals surface area contributed by atoms with Crippen molar-refractivity contribution in [2.24, 2.45) is 0 Å². The van der Waals surface area contributed by atoms with E-state index in [1.807, 2.05) is 36.4 Å². The monoisotopic (exact) mass is 435 g/mol. The highest BCUT2D eigenvalue weighted by molar-refractivity contribution is 7.97. The molecule has 0 saturated heterocycles. The average molecular weight is 437 g/mol. The zero-order chi connectivity index (χ0) is 19.1. The van der Waals surface area contributed by atoms with Gasteiger partial charge in [0, 0.05) is 15.1 Å².